The Morgan fingerprint density at radius 2 is 1.92 bits per heavy atom. The van der Waals surface area contributed by atoms with E-state index in [9.17, 15) is 4.79 Å². The number of hydrogen-bond acceptors (Lipinski definition) is 2. The van der Waals surface area contributed by atoms with Gasteiger partial charge in [0.1, 0.15) is 0 Å². The summed E-state index contributed by atoms with van der Waals surface area (Å²) >= 11 is 0. The van der Waals surface area contributed by atoms with E-state index < -0.39 is 5.97 Å². The Morgan fingerprint density at radius 1 is 1.38 bits per heavy atom. The first-order valence-corrected chi connectivity index (χ1v) is 5.00. The van der Waals surface area contributed by atoms with Crippen LogP contribution < -0.4 is 0 Å². The zero-order valence-electron chi connectivity index (χ0n) is 8.92. The van der Waals surface area contributed by atoms with Gasteiger partial charge in [-0.15, -0.1) is 0 Å². The van der Waals surface area contributed by atoms with Gasteiger partial charge in [0, 0.05) is 13.1 Å². The third-order valence-corrected chi connectivity index (χ3v) is 2.43. The number of carbonyl (C=O) groups is 1. The molecular formula is C10H21NO2. The Morgan fingerprint density at radius 3 is 2.31 bits per heavy atom. The first-order valence-electron chi connectivity index (χ1n) is 5.00. The van der Waals surface area contributed by atoms with Crippen molar-refractivity contribution in [2.75, 3.05) is 20.1 Å². The van der Waals surface area contributed by atoms with Gasteiger partial charge in [0.05, 0.1) is 6.42 Å². The van der Waals surface area contributed by atoms with Crippen LogP contribution in [0.5, 0.6) is 0 Å². The molecule has 0 rings (SSSR count). The van der Waals surface area contributed by atoms with Crippen molar-refractivity contribution in [1.29, 1.82) is 0 Å². The van der Waals surface area contributed by atoms with Crippen molar-refractivity contribution in [3.63, 3.8) is 0 Å². The van der Waals surface area contributed by atoms with Crippen LogP contribution in [0.15, 0.2) is 0 Å². The van der Waals surface area contributed by atoms with E-state index in [1.165, 1.54) is 12.8 Å². The molecule has 13 heavy (non-hydrogen) atoms. The lowest BCUT2D eigenvalue weighted by Gasteiger charge is -2.21. The van der Waals surface area contributed by atoms with Crippen LogP contribution >= 0.6 is 0 Å². The van der Waals surface area contributed by atoms with Crippen molar-refractivity contribution < 1.29 is 9.90 Å². The molecule has 78 valence electrons. The fourth-order valence-electron chi connectivity index (χ4n) is 1.37. The minimum Gasteiger partial charge on any atom is -0.481 e. The van der Waals surface area contributed by atoms with Crippen LogP contribution in [0.2, 0.25) is 0 Å². The summed E-state index contributed by atoms with van der Waals surface area (Å²) in [6.45, 7) is 6.03. The predicted octanol–water partition coefficient (Wildman–Crippen LogP) is 1.83. The molecule has 0 unspecified atom stereocenters. The average Bonchev–Trinajstić information content (AvgIpc) is 2.10. The molecule has 0 saturated carbocycles. The molecule has 0 spiro atoms. The molecular weight excluding hydrogens is 166 g/mol. The summed E-state index contributed by atoms with van der Waals surface area (Å²) in [4.78, 5) is 12.4. The van der Waals surface area contributed by atoms with Crippen LogP contribution in [0, 0.1) is 5.92 Å². The summed E-state index contributed by atoms with van der Waals surface area (Å²) in [5, 5.41) is 8.48. The number of aliphatic carboxylic acids is 1. The Bertz CT molecular complexity index is 144. The normalized spacial score (nSPS) is 11.2. The number of nitrogens with zero attached hydrogens (tertiary/aromatic N) is 1. The van der Waals surface area contributed by atoms with Gasteiger partial charge < -0.3 is 10.0 Å². The van der Waals surface area contributed by atoms with E-state index in [-0.39, 0.29) is 6.42 Å². The lowest BCUT2D eigenvalue weighted by molar-refractivity contribution is -0.137. The second-order valence-electron chi connectivity index (χ2n) is 3.59. The number of carboxylic acids is 1. The van der Waals surface area contributed by atoms with E-state index >= 15 is 0 Å². The summed E-state index contributed by atoms with van der Waals surface area (Å²) in [6, 6.07) is 0. The zero-order chi connectivity index (χ0) is 10.3. The van der Waals surface area contributed by atoms with E-state index in [0.717, 1.165) is 6.54 Å². The van der Waals surface area contributed by atoms with E-state index in [4.69, 9.17) is 5.11 Å². The maximum atomic E-state index is 10.3. The maximum absolute atomic E-state index is 10.3. The molecule has 0 aliphatic rings. The fraction of sp³-hybridized carbons (Fsp3) is 0.900. The lowest BCUT2D eigenvalue weighted by atomic mass is 10.0. The van der Waals surface area contributed by atoms with Crippen LogP contribution in [0.25, 0.3) is 0 Å². The standard InChI is InChI=1S/C10H21NO2/c1-4-9(5-2)8-11(3)7-6-10(12)13/h9H,4-8H2,1-3H3,(H,12,13). The predicted molar refractivity (Wildman–Crippen MR) is 53.8 cm³/mol. The van der Waals surface area contributed by atoms with Crippen molar-refractivity contribution in [2.45, 2.75) is 33.1 Å². The second-order valence-corrected chi connectivity index (χ2v) is 3.59. The molecule has 0 fully saturated rings. The topological polar surface area (TPSA) is 40.5 Å². The van der Waals surface area contributed by atoms with Crippen LogP contribution in [-0.2, 0) is 4.79 Å². The fourth-order valence-corrected chi connectivity index (χ4v) is 1.37. The summed E-state index contributed by atoms with van der Waals surface area (Å²) < 4.78 is 0. The average molecular weight is 187 g/mol. The molecule has 0 amide bonds. The van der Waals surface area contributed by atoms with E-state index in [1.54, 1.807) is 0 Å². The summed E-state index contributed by atoms with van der Waals surface area (Å²) in [5.74, 6) is -0.00445. The van der Waals surface area contributed by atoms with Gasteiger partial charge in [0.2, 0.25) is 0 Å². The van der Waals surface area contributed by atoms with Crippen LogP contribution in [0.4, 0.5) is 0 Å². The van der Waals surface area contributed by atoms with Crippen molar-refractivity contribution in [2.24, 2.45) is 5.92 Å². The molecule has 0 aromatic heterocycles. The molecule has 0 aliphatic heterocycles. The van der Waals surface area contributed by atoms with Gasteiger partial charge in [-0.2, -0.15) is 0 Å². The molecule has 0 aromatic rings. The molecule has 0 aromatic carbocycles. The highest BCUT2D eigenvalue weighted by Gasteiger charge is 2.08. The lowest BCUT2D eigenvalue weighted by Crippen LogP contribution is -2.27. The van der Waals surface area contributed by atoms with Crippen LogP contribution in [0.3, 0.4) is 0 Å². The number of hydrogen-bond donors (Lipinski definition) is 1. The van der Waals surface area contributed by atoms with Gasteiger partial charge >= 0.3 is 5.97 Å². The van der Waals surface area contributed by atoms with Gasteiger partial charge in [0.25, 0.3) is 0 Å². The third-order valence-electron chi connectivity index (χ3n) is 2.43. The van der Waals surface area contributed by atoms with Gasteiger partial charge in [0.15, 0.2) is 0 Å². The molecule has 0 aliphatic carbocycles. The number of carboxylic acid groups (broad SMARTS) is 1. The largest absolute Gasteiger partial charge is 0.481 e. The van der Waals surface area contributed by atoms with Crippen LogP contribution in [0.1, 0.15) is 33.1 Å². The van der Waals surface area contributed by atoms with Gasteiger partial charge in [-0.1, -0.05) is 26.7 Å². The van der Waals surface area contributed by atoms with E-state index in [2.05, 4.69) is 18.7 Å². The third kappa shape index (κ3) is 6.58. The van der Waals surface area contributed by atoms with Gasteiger partial charge in [-0.05, 0) is 13.0 Å². The molecule has 0 heterocycles. The first-order chi connectivity index (χ1) is 6.10. The SMILES string of the molecule is CCC(CC)CN(C)CCC(=O)O. The van der Waals surface area contributed by atoms with Crippen LogP contribution in [-0.4, -0.2) is 36.1 Å². The Balaban J connectivity index is 3.59. The molecule has 0 atom stereocenters. The Labute approximate surface area is 80.7 Å². The quantitative estimate of drug-likeness (QED) is 0.661. The Kier molecular flexibility index (Phi) is 6.59. The highest BCUT2D eigenvalue weighted by Crippen LogP contribution is 2.08. The van der Waals surface area contributed by atoms with E-state index in [1.807, 2.05) is 7.05 Å². The molecule has 1 N–H and O–H groups in total. The zero-order valence-corrected chi connectivity index (χ0v) is 8.92. The second kappa shape index (κ2) is 6.89. The molecule has 0 radical (unpaired) electrons. The summed E-state index contributed by atoms with van der Waals surface area (Å²) in [6.07, 6.45) is 2.60. The minimum atomic E-state index is -0.712. The highest BCUT2D eigenvalue weighted by molar-refractivity contribution is 5.66. The van der Waals surface area contributed by atoms with Gasteiger partial charge in [-0.3, -0.25) is 4.79 Å². The Hall–Kier alpha value is -0.570. The van der Waals surface area contributed by atoms with Gasteiger partial charge in [-0.25, -0.2) is 0 Å². The maximum Gasteiger partial charge on any atom is 0.304 e. The summed E-state index contributed by atoms with van der Waals surface area (Å²) in [5.41, 5.74) is 0. The monoisotopic (exact) mass is 187 g/mol. The molecule has 3 heteroatoms. The molecule has 3 nitrogen and oxygen atoms in total. The molecule has 0 saturated heterocycles. The van der Waals surface area contributed by atoms with E-state index in [0.29, 0.717) is 12.5 Å². The smallest absolute Gasteiger partial charge is 0.304 e. The highest BCUT2D eigenvalue weighted by atomic mass is 16.4. The molecule has 0 bridgehead atoms. The first kappa shape index (κ1) is 12.4. The van der Waals surface area contributed by atoms with Crippen molar-refractivity contribution >= 4 is 5.97 Å². The van der Waals surface area contributed by atoms with Crippen molar-refractivity contribution in [1.82, 2.24) is 4.90 Å². The van der Waals surface area contributed by atoms with Crippen molar-refractivity contribution in [3.8, 4) is 0 Å². The summed E-state index contributed by atoms with van der Waals surface area (Å²) in [7, 11) is 1.99. The van der Waals surface area contributed by atoms with Crippen molar-refractivity contribution in [3.05, 3.63) is 0 Å². The minimum absolute atomic E-state index is 0.247. The number of rotatable bonds is 7.